The zero-order valence-corrected chi connectivity index (χ0v) is 17.2. The van der Waals surface area contributed by atoms with Crippen LogP contribution in [0.3, 0.4) is 0 Å². The smallest absolute Gasteiger partial charge is 0.294 e. The first-order valence-corrected chi connectivity index (χ1v) is 9.74. The molecular formula is C20H22ClFN4O4. The van der Waals surface area contributed by atoms with Gasteiger partial charge in [-0.1, -0.05) is 17.7 Å². The molecule has 1 aliphatic heterocycles. The Labute approximate surface area is 178 Å². The Hall–Kier alpha value is -2.75. The lowest BCUT2D eigenvalue weighted by Gasteiger charge is -2.34. The summed E-state index contributed by atoms with van der Waals surface area (Å²) in [6.07, 6.45) is 0. The second-order valence-corrected chi connectivity index (χ2v) is 7.42. The summed E-state index contributed by atoms with van der Waals surface area (Å²) >= 11 is 5.79. The molecule has 1 amide bonds. The van der Waals surface area contributed by atoms with Crippen LogP contribution in [0.4, 0.5) is 15.8 Å². The minimum atomic E-state index is -0.581. The number of amides is 1. The van der Waals surface area contributed by atoms with Crippen LogP contribution in [0, 0.1) is 15.9 Å². The van der Waals surface area contributed by atoms with E-state index in [1.807, 2.05) is 11.0 Å². The van der Waals surface area contributed by atoms with Gasteiger partial charge in [-0.05, 0) is 29.8 Å². The molecule has 2 aromatic rings. The zero-order valence-electron chi connectivity index (χ0n) is 16.4. The first-order valence-electron chi connectivity index (χ1n) is 9.36. The number of ether oxygens (including phenoxy) is 1. The molecule has 0 bridgehead atoms. The Bertz CT molecular complexity index is 935. The molecular weight excluding hydrogens is 415 g/mol. The summed E-state index contributed by atoms with van der Waals surface area (Å²) in [6.45, 7) is 3.51. The van der Waals surface area contributed by atoms with Crippen molar-refractivity contribution < 1.29 is 18.8 Å². The van der Waals surface area contributed by atoms with Crippen molar-refractivity contribution in [1.29, 1.82) is 0 Å². The van der Waals surface area contributed by atoms with Gasteiger partial charge in [-0.25, -0.2) is 4.39 Å². The van der Waals surface area contributed by atoms with Crippen LogP contribution in [0.25, 0.3) is 0 Å². The fraction of sp³-hybridized carbons (Fsp3) is 0.350. The summed E-state index contributed by atoms with van der Waals surface area (Å²) < 4.78 is 18.8. The number of nitro groups is 1. The van der Waals surface area contributed by atoms with E-state index in [0.717, 1.165) is 18.7 Å². The molecule has 1 saturated heterocycles. The summed E-state index contributed by atoms with van der Waals surface area (Å²) in [4.78, 5) is 27.0. The second kappa shape index (κ2) is 9.84. The van der Waals surface area contributed by atoms with Gasteiger partial charge < -0.3 is 10.1 Å². The van der Waals surface area contributed by atoms with E-state index < -0.39 is 4.92 Å². The first-order chi connectivity index (χ1) is 14.4. The highest BCUT2D eigenvalue weighted by Crippen LogP contribution is 2.27. The van der Waals surface area contributed by atoms with Gasteiger partial charge in [-0.3, -0.25) is 24.7 Å². The summed E-state index contributed by atoms with van der Waals surface area (Å²) in [7, 11) is 1.43. The van der Waals surface area contributed by atoms with E-state index in [1.54, 1.807) is 6.07 Å². The number of rotatable bonds is 7. The van der Waals surface area contributed by atoms with Crippen LogP contribution in [0.5, 0.6) is 5.75 Å². The SMILES string of the molecule is COc1ccc(CN2CCN(CC(=O)Nc3ccc(Cl)cc3[N+](=O)[O-])CC2)cc1F. The molecule has 0 unspecified atom stereocenters. The van der Waals surface area contributed by atoms with Crippen molar-refractivity contribution in [3.8, 4) is 5.75 Å². The van der Waals surface area contributed by atoms with Crippen LogP contribution in [-0.2, 0) is 11.3 Å². The standard InChI is InChI=1S/C20H22ClFN4O4/c1-30-19-5-2-14(10-16(19)22)12-24-6-8-25(9-7-24)13-20(27)23-17-4-3-15(21)11-18(17)26(28)29/h2-5,10-11H,6-9,12-13H2,1H3,(H,23,27). The van der Waals surface area contributed by atoms with Gasteiger partial charge in [-0.15, -0.1) is 0 Å². The summed E-state index contributed by atoms with van der Waals surface area (Å²) in [5.74, 6) is -0.497. The third-order valence-electron chi connectivity index (χ3n) is 4.89. The van der Waals surface area contributed by atoms with E-state index in [-0.39, 0.29) is 40.4 Å². The van der Waals surface area contributed by atoms with Crippen molar-refractivity contribution in [3.63, 3.8) is 0 Å². The molecule has 160 valence electrons. The maximum Gasteiger partial charge on any atom is 0.294 e. The molecule has 0 saturated carbocycles. The Balaban J connectivity index is 1.49. The molecule has 10 heteroatoms. The predicted octanol–water partition coefficient (Wildman–Crippen LogP) is 3.15. The van der Waals surface area contributed by atoms with E-state index in [9.17, 15) is 19.3 Å². The summed E-state index contributed by atoms with van der Waals surface area (Å²) in [5, 5.41) is 14.0. The van der Waals surface area contributed by atoms with Crippen LogP contribution in [0.2, 0.25) is 5.02 Å². The lowest BCUT2D eigenvalue weighted by molar-refractivity contribution is -0.383. The van der Waals surface area contributed by atoms with Crippen LogP contribution >= 0.6 is 11.6 Å². The molecule has 8 nitrogen and oxygen atoms in total. The highest BCUT2D eigenvalue weighted by atomic mass is 35.5. The van der Waals surface area contributed by atoms with Crippen molar-refractivity contribution in [2.45, 2.75) is 6.54 Å². The maximum absolute atomic E-state index is 13.8. The van der Waals surface area contributed by atoms with Crippen molar-refractivity contribution in [1.82, 2.24) is 9.80 Å². The van der Waals surface area contributed by atoms with Crippen LogP contribution in [-0.4, -0.2) is 60.5 Å². The molecule has 1 N–H and O–H groups in total. The van der Waals surface area contributed by atoms with Gasteiger partial charge in [-0.2, -0.15) is 0 Å². The van der Waals surface area contributed by atoms with Crippen molar-refractivity contribution in [2.75, 3.05) is 45.2 Å². The van der Waals surface area contributed by atoms with Crippen molar-refractivity contribution in [3.05, 3.63) is 62.9 Å². The number of hydrogen-bond acceptors (Lipinski definition) is 6. The largest absolute Gasteiger partial charge is 0.494 e. The van der Waals surface area contributed by atoms with Crippen LogP contribution in [0.1, 0.15) is 5.56 Å². The number of hydrogen-bond donors (Lipinski definition) is 1. The third kappa shape index (κ3) is 5.65. The van der Waals surface area contributed by atoms with Gasteiger partial charge in [0.15, 0.2) is 11.6 Å². The zero-order chi connectivity index (χ0) is 21.7. The van der Waals surface area contributed by atoms with E-state index in [0.29, 0.717) is 19.6 Å². The highest BCUT2D eigenvalue weighted by molar-refractivity contribution is 6.31. The molecule has 0 atom stereocenters. The number of nitrogens with zero attached hydrogens (tertiary/aromatic N) is 3. The summed E-state index contributed by atoms with van der Waals surface area (Å²) in [6, 6.07) is 9.03. The average molecular weight is 437 g/mol. The number of carbonyl (C=O) groups excluding carboxylic acids is 1. The van der Waals surface area contributed by atoms with E-state index in [1.165, 1.54) is 31.4 Å². The molecule has 0 aromatic heterocycles. The summed E-state index contributed by atoms with van der Waals surface area (Å²) in [5.41, 5.74) is 0.733. The molecule has 30 heavy (non-hydrogen) atoms. The highest BCUT2D eigenvalue weighted by Gasteiger charge is 2.21. The number of benzene rings is 2. The van der Waals surface area contributed by atoms with Crippen LogP contribution < -0.4 is 10.1 Å². The molecule has 1 aliphatic rings. The Morgan fingerprint density at radius 3 is 2.53 bits per heavy atom. The monoisotopic (exact) mass is 436 g/mol. The van der Waals surface area contributed by atoms with E-state index in [2.05, 4.69) is 10.2 Å². The second-order valence-electron chi connectivity index (χ2n) is 6.99. The quantitative estimate of drug-likeness (QED) is 0.530. The molecule has 1 fully saturated rings. The normalized spacial score (nSPS) is 15.0. The minimum absolute atomic E-state index is 0.120. The maximum atomic E-state index is 13.8. The van der Waals surface area contributed by atoms with Gasteiger partial charge >= 0.3 is 0 Å². The Kier molecular flexibility index (Phi) is 7.20. The Morgan fingerprint density at radius 1 is 1.20 bits per heavy atom. The number of nitro benzene ring substituents is 1. The predicted molar refractivity (Wildman–Crippen MR) is 111 cm³/mol. The number of nitrogens with one attached hydrogen (secondary N) is 1. The van der Waals surface area contributed by atoms with Gasteiger partial charge in [0, 0.05) is 43.8 Å². The lowest BCUT2D eigenvalue weighted by atomic mass is 10.2. The molecule has 2 aromatic carbocycles. The Morgan fingerprint density at radius 2 is 1.90 bits per heavy atom. The minimum Gasteiger partial charge on any atom is -0.494 e. The van der Waals surface area contributed by atoms with Crippen LogP contribution in [0.15, 0.2) is 36.4 Å². The van der Waals surface area contributed by atoms with E-state index in [4.69, 9.17) is 16.3 Å². The number of anilines is 1. The number of halogens is 2. The fourth-order valence-electron chi connectivity index (χ4n) is 3.33. The number of carbonyl (C=O) groups is 1. The molecule has 0 spiro atoms. The van der Waals surface area contributed by atoms with Gasteiger partial charge in [0.05, 0.1) is 18.6 Å². The van der Waals surface area contributed by atoms with E-state index >= 15 is 0 Å². The van der Waals surface area contributed by atoms with Crippen molar-refractivity contribution >= 4 is 28.9 Å². The van der Waals surface area contributed by atoms with Gasteiger partial charge in [0.2, 0.25) is 5.91 Å². The molecule has 0 radical (unpaired) electrons. The topological polar surface area (TPSA) is 88.0 Å². The third-order valence-corrected chi connectivity index (χ3v) is 5.12. The van der Waals surface area contributed by atoms with Gasteiger partial charge in [0.1, 0.15) is 5.69 Å². The average Bonchev–Trinajstić information content (AvgIpc) is 2.71. The number of methoxy groups -OCH3 is 1. The van der Waals surface area contributed by atoms with Crippen molar-refractivity contribution in [2.24, 2.45) is 0 Å². The lowest BCUT2D eigenvalue weighted by Crippen LogP contribution is -2.48. The van der Waals surface area contributed by atoms with Gasteiger partial charge in [0.25, 0.3) is 5.69 Å². The molecule has 0 aliphatic carbocycles. The first kappa shape index (κ1) is 21.9. The number of piperazine rings is 1. The molecule has 1 heterocycles. The molecule has 3 rings (SSSR count). The fourth-order valence-corrected chi connectivity index (χ4v) is 3.49.